The van der Waals surface area contributed by atoms with Crippen molar-refractivity contribution >= 4 is 17.5 Å². The van der Waals surface area contributed by atoms with Gasteiger partial charge < -0.3 is 14.7 Å². The van der Waals surface area contributed by atoms with Crippen LogP contribution in [0.3, 0.4) is 0 Å². The molecule has 1 aromatic carbocycles. The van der Waals surface area contributed by atoms with Crippen molar-refractivity contribution in [3.05, 3.63) is 34.6 Å². The third kappa shape index (κ3) is 3.72. The maximum absolute atomic E-state index is 14.1. The van der Waals surface area contributed by atoms with E-state index < -0.39 is 5.82 Å². The molecule has 132 valence electrons. The molecule has 0 unspecified atom stereocenters. The molecule has 2 aliphatic heterocycles. The highest BCUT2D eigenvalue weighted by atomic mass is 35.5. The van der Waals surface area contributed by atoms with Gasteiger partial charge in [-0.1, -0.05) is 17.7 Å². The first-order valence-electron chi connectivity index (χ1n) is 8.24. The van der Waals surface area contributed by atoms with Gasteiger partial charge in [0.2, 0.25) is 0 Å². The second kappa shape index (κ2) is 7.78. The van der Waals surface area contributed by atoms with Gasteiger partial charge in [-0.25, -0.2) is 4.39 Å². The van der Waals surface area contributed by atoms with E-state index in [1.54, 1.807) is 11.0 Å². The number of morpholine rings is 1. The zero-order valence-corrected chi connectivity index (χ0v) is 14.2. The number of hydrogen-bond acceptors (Lipinski definition) is 4. The summed E-state index contributed by atoms with van der Waals surface area (Å²) in [5.41, 5.74) is -0.00814. The number of rotatable bonds is 4. The Kier molecular flexibility index (Phi) is 5.71. The van der Waals surface area contributed by atoms with E-state index in [9.17, 15) is 14.3 Å². The predicted molar refractivity (Wildman–Crippen MR) is 88.6 cm³/mol. The first kappa shape index (κ1) is 17.6. The van der Waals surface area contributed by atoms with Crippen LogP contribution in [0.15, 0.2) is 18.2 Å². The van der Waals surface area contributed by atoms with Crippen molar-refractivity contribution in [1.29, 1.82) is 0 Å². The molecule has 7 heteroatoms. The maximum atomic E-state index is 14.1. The normalized spacial score (nSPS) is 25.2. The molecule has 0 radical (unpaired) electrons. The second-order valence-corrected chi connectivity index (χ2v) is 6.83. The molecule has 3 rings (SSSR count). The third-order valence-electron chi connectivity index (χ3n) is 4.88. The van der Waals surface area contributed by atoms with Crippen LogP contribution in [0.4, 0.5) is 4.39 Å². The molecule has 0 aliphatic carbocycles. The van der Waals surface area contributed by atoms with Crippen molar-refractivity contribution in [2.75, 3.05) is 52.5 Å². The van der Waals surface area contributed by atoms with E-state index in [-0.39, 0.29) is 34.9 Å². The van der Waals surface area contributed by atoms with Crippen LogP contribution in [0.1, 0.15) is 10.4 Å². The molecule has 2 heterocycles. The van der Waals surface area contributed by atoms with E-state index in [0.717, 1.165) is 19.6 Å². The molecule has 1 N–H and O–H groups in total. The van der Waals surface area contributed by atoms with Gasteiger partial charge >= 0.3 is 0 Å². The number of hydrogen-bond donors (Lipinski definition) is 1. The topological polar surface area (TPSA) is 53.0 Å². The smallest absolute Gasteiger partial charge is 0.256 e. The summed E-state index contributed by atoms with van der Waals surface area (Å²) < 4.78 is 19.5. The van der Waals surface area contributed by atoms with Gasteiger partial charge in [0.05, 0.1) is 23.8 Å². The number of nitrogens with zero attached hydrogens (tertiary/aromatic N) is 2. The van der Waals surface area contributed by atoms with Crippen molar-refractivity contribution < 1.29 is 19.0 Å². The zero-order valence-electron chi connectivity index (χ0n) is 13.5. The van der Waals surface area contributed by atoms with Crippen LogP contribution in [0.2, 0.25) is 5.02 Å². The third-order valence-corrected chi connectivity index (χ3v) is 5.17. The van der Waals surface area contributed by atoms with Crippen LogP contribution >= 0.6 is 11.6 Å². The SMILES string of the molecule is O=C(c1cccc(Cl)c1F)N1C[C@@H](CN2CCOCC2)[C@@H](CO)C1. The fourth-order valence-corrected chi connectivity index (χ4v) is 3.65. The molecular formula is C17H22ClFN2O3. The minimum absolute atomic E-state index is 0.00814. The summed E-state index contributed by atoms with van der Waals surface area (Å²) in [6.07, 6.45) is 0. The van der Waals surface area contributed by atoms with Gasteiger partial charge in [0.25, 0.3) is 5.91 Å². The lowest BCUT2D eigenvalue weighted by Gasteiger charge is -2.30. The number of aliphatic hydroxyl groups is 1. The lowest BCUT2D eigenvalue weighted by Crippen LogP contribution is -2.41. The van der Waals surface area contributed by atoms with E-state index in [2.05, 4.69) is 4.90 Å². The Bertz CT molecular complexity index is 595. The number of amides is 1. The van der Waals surface area contributed by atoms with E-state index >= 15 is 0 Å². The summed E-state index contributed by atoms with van der Waals surface area (Å²) >= 11 is 5.77. The quantitative estimate of drug-likeness (QED) is 0.888. The zero-order chi connectivity index (χ0) is 17.1. The predicted octanol–water partition coefficient (Wildman–Crippen LogP) is 1.49. The number of carbonyl (C=O) groups excluding carboxylic acids is 1. The first-order valence-corrected chi connectivity index (χ1v) is 8.62. The average molecular weight is 357 g/mol. The monoisotopic (exact) mass is 356 g/mol. The number of carbonyl (C=O) groups is 1. The molecule has 0 aromatic heterocycles. The van der Waals surface area contributed by atoms with Gasteiger partial charge in [-0.05, 0) is 18.1 Å². The molecule has 2 saturated heterocycles. The Labute approximate surface area is 145 Å². The van der Waals surface area contributed by atoms with Gasteiger partial charge in [0.1, 0.15) is 0 Å². The standard InChI is InChI=1S/C17H22ClFN2O3/c18-15-3-1-2-14(16(15)19)17(23)21-9-12(13(10-21)11-22)8-20-4-6-24-7-5-20/h1-3,12-13,22H,4-11H2/t12-,13-/m1/s1. The van der Waals surface area contributed by atoms with E-state index in [1.165, 1.54) is 12.1 Å². The van der Waals surface area contributed by atoms with E-state index in [1.807, 2.05) is 0 Å². The van der Waals surface area contributed by atoms with Crippen LogP contribution in [-0.2, 0) is 4.74 Å². The molecule has 0 bridgehead atoms. The average Bonchev–Trinajstić information content (AvgIpc) is 3.00. The van der Waals surface area contributed by atoms with Crippen LogP contribution in [0, 0.1) is 17.7 Å². The van der Waals surface area contributed by atoms with E-state index in [4.69, 9.17) is 16.3 Å². The van der Waals surface area contributed by atoms with Crippen LogP contribution in [0.25, 0.3) is 0 Å². The summed E-state index contributed by atoms with van der Waals surface area (Å²) in [6, 6.07) is 4.45. The Morgan fingerprint density at radius 1 is 1.29 bits per heavy atom. The molecule has 5 nitrogen and oxygen atoms in total. The summed E-state index contributed by atoms with van der Waals surface area (Å²) in [7, 11) is 0. The molecule has 2 aliphatic rings. The van der Waals surface area contributed by atoms with Gasteiger partial charge in [-0.2, -0.15) is 0 Å². The highest BCUT2D eigenvalue weighted by Gasteiger charge is 2.37. The maximum Gasteiger partial charge on any atom is 0.256 e. The number of ether oxygens (including phenoxy) is 1. The Hall–Kier alpha value is -1.21. The first-order chi connectivity index (χ1) is 11.6. The molecule has 1 amide bonds. The minimum atomic E-state index is -0.679. The minimum Gasteiger partial charge on any atom is -0.396 e. The van der Waals surface area contributed by atoms with Crippen molar-refractivity contribution in [1.82, 2.24) is 9.80 Å². The molecule has 24 heavy (non-hydrogen) atoms. The Morgan fingerprint density at radius 2 is 2.00 bits per heavy atom. The highest BCUT2D eigenvalue weighted by Crippen LogP contribution is 2.27. The molecule has 0 spiro atoms. The molecule has 2 fully saturated rings. The van der Waals surface area contributed by atoms with Gasteiger partial charge in [-0.3, -0.25) is 9.69 Å². The number of halogens is 2. The fraction of sp³-hybridized carbons (Fsp3) is 0.588. The molecular weight excluding hydrogens is 335 g/mol. The lowest BCUT2D eigenvalue weighted by molar-refractivity contribution is 0.0264. The fourth-order valence-electron chi connectivity index (χ4n) is 3.47. The summed E-state index contributed by atoms with van der Waals surface area (Å²) in [6.45, 7) is 4.97. The lowest BCUT2D eigenvalue weighted by atomic mass is 9.96. The highest BCUT2D eigenvalue weighted by molar-refractivity contribution is 6.31. The number of aliphatic hydroxyl groups excluding tert-OH is 1. The number of likely N-dealkylation sites (tertiary alicyclic amines) is 1. The van der Waals surface area contributed by atoms with Crippen LogP contribution in [-0.4, -0.2) is 73.4 Å². The van der Waals surface area contributed by atoms with Crippen molar-refractivity contribution in [2.45, 2.75) is 0 Å². The van der Waals surface area contributed by atoms with Gasteiger partial charge in [0.15, 0.2) is 5.82 Å². The summed E-state index contributed by atoms with van der Waals surface area (Å²) in [5.74, 6) is -0.849. The van der Waals surface area contributed by atoms with Gasteiger partial charge in [-0.15, -0.1) is 0 Å². The summed E-state index contributed by atoms with van der Waals surface area (Å²) in [4.78, 5) is 16.6. The molecule has 1 aromatic rings. The van der Waals surface area contributed by atoms with Crippen LogP contribution in [0.5, 0.6) is 0 Å². The van der Waals surface area contributed by atoms with Gasteiger partial charge in [0, 0.05) is 45.2 Å². The van der Waals surface area contributed by atoms with Crippen molar-refractivity contribution in [3.8, 4) is 0 Å². The molecule has 0 saturated carbocycles. The summed E-state index contributed by atoms with van der Waals surface area (Å²) in [5, 5.41) is 9.61. The number of benzene rings is 1. The van der Waals surface area contributed by atoms with E-state index in [0.29, 0.717) is 26.3 Å². The Balaban J connectivity index is 1.68. The van der Waals surface area contributed by atoms with Crippen molar-refractivity contribution in [2.24, 2.45) is 11.8 Å². The largest absolute Gasteiger partial charge is 0.396 e. The Morgan fingerprint density at radius 3 is 2.71 bits per heavy atom. The second-order valence-electron chi connectivity index (χ2n) is 6.43. The van der Waals surface area contributed by atoms with Crippen LogP contribution < -0.4 is 0 Å². The van der Waals surface area contributed by atoms with Crippen molar-refractivity contribution in [3.63, 3.8) is 0 Å². The molecule has 2 atom stereocenters.